The average Bonchev–Trinajstić information content (AvgIpc) is 2.36. The summed E-state index contributed by atoms with van der Waals surface area (Å²) >= 11 is 0. The summed E-state index contributed by atoms with van der Waals surface area (Å²) in [6.45, 7) is 5.80. The monoisotopic (exact) mass is 250 g/mol. The quantitative estimate of drug-likeness (QED) is 0.746. The zero-order valence-electron chi connectivity index (χ0n) is 11.8. The molecule has 3 heteroatoms. The van der Waals surface area contributed by atoms with E-state index in [0.717, 1.165) is 25.8 Å². The normalized spacial score (nSPS) is 12.4. The Hall–Kier alpha value is -1.06. The van der Waals surface area contributed by atoms with Crippen LogP contribution in [-0.2, 0) is 11.2 Å². The first-order chi connectivity index (χ1) is 8.71. The topological polar surface area (TPSA) is 47.3 Å². The third kappa shape index (κ3) is 4.67. The van der Waals surface area contributed by atoms with Crippen LogP contribution in [0.15, 0.2) is 18.2 Å². The van der Waals surface area contributed by atoms with Gasteiger partial charge in [-0.2, -0.15) is 0 Å². The number of methoxy groups -OCH3 is 1. The fourth-order valence-corrected chi connectivity index (χ4v) is 2.18. The van der Waals surface area contributed by atoms with Crippen molar-refractivity contribution in [1.82, 2.24) is 0 Å². The van der Waals surface area contributed by atoms with Gasteiger partial charge in [-0.1, -0.05) is 13.0 Å². The van der Waals surface area contributed by atoms with E-state index in [2.05, 4.69) is 37.4 Å². The molecule has 0 aromatic heterocycles. The fraction of sp³-hybridized carbons (Fsp3) is 0.600. The molecule has 0 heterocycles. The van der Waals surface area contributed by atoms with Crippen molar-refractivity contribution in [2.24, 2.45) is 5.73 Å². The number of nitrogens with one attached hydrogen (secondary N) is 1. The van der Waals surface area contributed by atoms with Crippen LogP contribution in [0.1, 0.15) is 30.9 Å². The number of anilines is 1. The maximum Gasteiger partial charge on any atom is 0.0664 e. The number of hydrogen-bond acceptors (Lipinski definition) is 3. The molecule has 0 fully saturated rings. The van der Waals surface area contributed by atoms with Crippen molar-refractivity contribution in [2.75, 3.05) is 25.6 Å². The van der Waals surface area contributed by atoms with E-state index in [9.17, 15) is 0 Å². The molecule has 1 unspecified atom stereocenters. The molecule has 3 N–H and O–H groups in total. The highest BCUT2D eigenvalue weighted by atomic mass is 16.5. The molecular formula is C15H26N2O. The van der Waals surface area contributed by atoms with Crippen molar-refractivity contribution in [1.29, 1.82) is 0 Å². The first-order valence-corrected chi connectivity index (χ1v) is 6.76. The number of benzene rings is 1. The average molecular weight is 250 g/mol. The molecule has 0 aliphatic rings. The Kier molecular flexibility index (Phi) is 6.76. The summed E-state index contributed by atoms with van der Waals surface area (Å²) in [5.41, 5.74) is 9.48. The minimum absolute atomic E-state index is 0.338. The van der Waals surface area contributed by atoms with E-state index in [1.165, 1.54) is 16.8 Å². The summed E-state index contributed by atoms with van der Waals surface area (Å²) in [7, 11) is 1.74. The third-order valence-electron chi connectivity index (χ3n) is 3.22. The summed E-state index contributed by atoms with van der Waals surface area (Å²) in [5, 5.41) is 3.53. The Balaban J connectivity index is 2.64. The predicted molar refractivity (Wildman–Crippen MR) is 78.1 cm³/mol. The van der Waals surface area contributed by atoms with Crippen LogP contribution >= 0.6 is 0 Å². The highest BCUT2D eigenvalue weighted by molar-refractivity contribution is 5.49. The van der Waals surface area contributed by atoms with Gasteiger partial charge in [0.25, 0.3) is 0 Å². The van der Waals surface area contributed by atoms with Crippen LogP contribution in [0.3, 0.4) is 0 Å². The van der Waals surface area contributed by atoms with Crippen LogP contribution in [0.4, 0.5) is 5.69 Å². The molecule has 0 saturated carbocycles. The molecule has 0 saturated heterocycles. The van der Waals surface area contributed by atoms with Crippen molar-refractivity contribution in [2.45, 2.75) is 39.2 Å². The lowest BCUT2D eigenvalue weighted by atomic mass is 10.0. The first kappa shape index (κ1) is 15.0. The van der Waals surface area contributed by atoms with Gasteiger partial charge in [-0.05, 0) is 56.0 Å². The summed E-state index contributed by atoms with van der Waals surface area (Å²) in [5.74, 6) is 0. The van der Waals surface area contributed by atoms with Gasteiger partial charge in [0.05, 0.1) is 6.61 Å². The number of rotatable bonds is 8. The van der Waals surface area contributed by atoms with Gasteiger partial charge in [-0.25, -0.2) is 0 Å². The molecule has 3 nitrogen and oxygen atoms in total. The lowest BCUT2D eigenvalue weighted by Gasteiger charge is -2.19. The van der Waals surface area contributed by atoms with Gasteiger partial charge in [0.15, 0.2) is 0 Å². The highest BCUT2D eigenvalue weighted by Gasteiger charge is 2.08. The molecule has 0 bridgehead atoms. The SMILES string of the molecule is CCc1ccc(NC(CCCN)COC)cc1C. The Morgan fingerprint density at radius 1 is 1.39 bits per heavy atom. The van der Waals surface area contributed by atoms with Gasteiger partial charge >= 0.3 is 0 Å². The van der Waals surface area contributed by atoms with Crippen molar-refractivity contribution in [3.05, 3.63) is 29.3 Å². The maximum atomic E-state index is 5.56. The smallest absolute Gasteiger partial charge is 0.0664 e. The second-order valence-electron chi connectivity index (χ2n) is 4.72. The van der Waals surface area contributed by atoms with Gasteiger partial charge in [-0.3, -0.25) is 0 Å². The van der Waals surface area contributed by atoms with Crippen LogP contribution in [-0.4, -0.2) is 26.3 Å². The van der Waals surface area contributed by atoms with Crippen LogP contribution in [0.5, 0.6) is 0 Å². The molecule has 0 radical (unpaired) electrons. The minimum Gasteiger partial charge on any atom is -0.383 e. The number of hydrogen-bond donors (Lipinski definition) is 2. The lowest BCUT2D eigenvalue weighted by molar-refractivity contribution is 0.182. The first-order valence-electron chi connectivity index (χ1n) is 6.76. The number of nitrogens with two attached hydrogens (primary N) is 1. The van der Waals surface area contributed by atoms with Crippen molar-refractivity contribution in [3.63, 3.8) is 0 Å². The second kappa shape index (κ2) is 8.11. The van der Waals surface area contributed by atoms with Crippen LogP contribution in [0.25, 0.3) is 0 Å². The van der Waals surface area contributed by atoms with E-state index in [4.69, 9.17) is 10.5 Å². The molecule has 102 valence electrons. The summed E-state index contributed by atoms with van der Waals surface area (Å²) in [6.07, 6.45) is 3.15. The van der Waals surface area contributed by atoms with Crippen LogP contribution < -0.4 is 11.1 Å². The molecule has 0 aliphatic carbocycles. The molecule has 18 heavy (non-hydrogen) atoms. The van der Waals surface area contributed by atoms with Gasteiger partial charge in [0, 0.05) is 18.8 Å². The fourth-order valence-electron chi connectivity index (χ4n) is 2.18. The van der Waals surface area contributed by atoms with E-state index in [0.29, 0.717) is 12.6 Å². The third-order valence-corrected chi connectivity index (χ3v) is 3.22. The highest BCUT2D eigenvalue weighted by Crippen LogP contribution is 2.17. The number of aryl methyl sites for hydroxylation is 2. The van der Waals surface area contributed by atoms with E-state index in [-0.39, 0.29) is 0 Å². The molecule has 1 aromatic carbocycles. The van der Waals surface area contributed by atoms with Gasteiger partial charge < -0.3 is 15.8 Å². The van der Waals surface area contributed by atoms with E-state index < -0.39 is 0 Å². The molecule has 1 rings (SSSR count). The van der Waals surface area contributed by atoms with Crippen LogP contribution in [0, 0.1) is 6.92 Å². The maximum absolute atomic E-state index is 5.56. The Morgan fingerprint density at radius 3 is 2.72 bits per heavy atom. The second-order valence-corrected chi connectivity index (χ2v) is 4.72. The van der Waals surface area contributed by atoms with E-state index in [1.54, 1.807) is 7.11 Å². The molecule has 1 aromatic rings. The molecule has 0 spiro atoms. The van der Waals surface area contributed by atoms with Crippen molar-refractivity contribution >= 4 is 5.69 Å². The summed E-state index contributed by atoms with van der Waals surface area (Å²) in [4.78, 5) is 0. The van der Waals surface area contributed by atoms with Gasteiger partial charge in [0.2, 0.25) is 0 Å². The van der Waals surface area contributed by atoms with E-state index >= 15 is 0 Å². The van der Waals surface area contributed by atoms with Gasteiger partial charge in [0.1, 0.15) is 0 Å². The Labute approximate surface area is 111 Å². The van der Waals surface area contributed by atoms with E-state index in [1.807, 2.05) is 0 Å². The van der Waals surface area contributed by atoms with Crippen molar-refractivity contribution in [3.8, 4) is 0 Å². The van der Waals surface area contributed by atoms with Gasteiger partial charge in [-0.15, -0.1) is 0 Å². The molecular weight excluding hydrogens is 224 g/mol. The Bertz CT molecular complexity index is 352. The zero-order valence-corrected chi connectivity index (χ0v) is 11.8. The number of ether oxygens (including phenoxy) is 1. The standard InChI is InChI=1S/C15H26N2O/c1-4-13-7-8-14(10-12(13)2)17-15(11-18-3)6-5-9-16/h7-8,10,15,17H,4-6,9,11,16H2,1-3H3. The molecule has 0 amide bonds. The molecule has 1 atom stereocenters. The predicted octanol–water partition coefficient (Wildman–Crippen LogP) is 2.72. The summed E-state index contributed by atoms with van der Waals surface area (Å²) in [6, 6.07) is 6.90. The van der Waals surface area contributed by atoms with Crippen LogP contribution in [0.2, 0.25) is 0 Å². The largest absolute Gasteiger partial charge is 0.383 e. The lowest BCUT2D eigenvalue weighted by Crippen LogP contribution is -2.25. The summed E-state index contributed by atoms with van der Waals surface area (Å²) < 4.78 is 5.25. The Morgan fingerprint density at radius 2 is 2.17 bits per heavy atom. The minimum atomic E-state index is 0.338. The van der Waals surface area contributed by atoms with Crippen molar-refractivity contribution < 1.29 is 4.74 Å². The molecule has 0 aliphatic heterocycles. The zero-order chi connectivity index (χ0) is 13.4.